The van der Waals surface area contributed by atoms with E-state index in [1.807, 2.05) is 23.0 Å². The molecule has 0 radical (unpaired) electrons. The molecule has 0 saturated heterocycles. The topological polar surface area (TPSA) is 88.2 Å². The third-order valence-corrected chi connectivity index (χ3v) is 5.68. The summed E-state index contributed by atoms with van der Waals surface area (Å²) in [5.41, 5.74) is 0. The highest BCUT2D eigenvalue weighted by Gasteiger charge is 2.19. The van der Waals surface area contributed by atoms with Gasteiger partial charge in [-0.25, -0.2) is 9.97 Å². The van der Waals surface area contributed by atoms with Crippen LogP contribution in [-0.2, 0) is 32.2 Å². The van der Waals surface area contributed by atoms with Gasteiger partial charge < -0.3 is 18.6 Å². The van der Waals surface area contributed by atoms with E-state index in [0.717, 1.165) is 34.9 Å². The summed E-state index contributed by atoms with van der Waals surface area (Å²) in [6.45, 7) is 5.80. The maximum Gasteiger partial charge on any atom is 0.307 e. The van der Waals surface area contributed by atoms with E-state index in [0.29, 0.717) is 38.0 Å². The van der Waals surface area contributed by atoms with Gasteiger partial charge in [-0.1, -0.05) is 26.7 Å². The molecule has 0 aliphatic rings. The quantitative estimate of drug-likeness (QED) is 0.266. The van der Waals surface area contributed by atoms with Gasteiger partial charge in [0.1, 0.15) is 9.21 Å². The number of hydrogen-bond donors (Lipinski definition) is 0. The molecule has 0 aliphatic heterocycles. The van der Waals surface area contributed by atoms with Crippen molar-refractivity contribution in [1.29, 1.82) is 0 Å². The molecular weight excluding hydrogens is 520 g/mol. The summed E-state index contributed by atoms with van der Waals surface area (Å²) >= 11 is 6.97. The fourth-order valence-electron chi connectivity index (χ4n) is 2.70. The van der Waals surface area contributed by atoms with Crippen LogP contribution in [0, 0.1) is 0 Å². The zero-order valence-corrected chi connectivity index (χ0v) is 20.6. The van der Waals surface area contributed by atoms with Gasteiger partial charge in [-0.15, -0.1) is 0 Å². The predicted octanol–water partition coefficient (Wildman–Crippen LogP) is 4.74. The van der Waals surface area contributed by atoms with Crippen molar-refractivity contribution in [3.63, 3.8) is 0 Å². The molecule has 0 amide bonds. The van der Waals surface area contributed by atoms with Crippen molar-refractivity contribution in [2.45, 2.75) is 65.5 Å². The van der Waals surface area contributed by atoms with Crippen LogP contribution in [0.4, 0.5) is 0 Å². The Bertz CT molecular complexity index is 767. The van der Waals surface area contributed by atoms with Crippen molar-refractivity contribution in [3.8, 4) is 11.6 Å². The van der Waals surface area contributed by atoms with Crippen LogP contribution in [0.25, 0.3) is 11.6 Å². The summed E-state index contributed by atoms with van der Waals surface area (Å²) in [5.74, 6) is 0.727. The molecular formula is C20H28Br2N4O4. The molecule has 0 unspecified atom stereocenters. The monoisotopic (exact) mass is 546 g/mol. The van der Waals surface area contributed by atoms with Gasteiger partial charge in [-0.05, 0) is 44.7 Å². The van der Waals surface area contributed by atoms with Gasteiger partial charge in [0.15, 0.2) is 11.6 Å². The van der Waals surface area contributed by atoms with E-state index in [4.69, 9.17) is 9.47 Å². The molecule has 0 aromatic carbocycles. The van der Waals surface area contributed by atoms with E-state index in [9.17, 15) is 9.59 Å². The van der Waals surface area contributed by atoms with Crippen LogP contribution < -0.4 is 0 Å². The first-order chi connectivity index (χ1) is 14.5. The van der Waals surface area contributed by atoms with Crippen molar-refractivity contribution in [1.82, 2.24) is 19.1 Å². The van der Waals surface area contributed by atoms with Gasteiger partial charge in [0.25, 0.3) is 0 Å². The molecule has 2 aromatic rings. The Morgan fingerprint density at radius 2 is 1.23 bits per heavy atom. The third-order valence-electron chi connectivity index (χ3n) is 4.41. The lowest BCUT2D eigenvalue weighted by Crippen LogP contribution is -2.14. The molecule has 0 bridgehead atoms. The summed E-state index contributed by atoms with van der Waals surface area (Å²) in [7, 11) is 0. The van der Waals surface area contributed by atoms with Crippen LogP contribution in [0.2, 0.25) is 0 Å². The minimum atomic E-state index is -0.241. The van der Waals surface area contributed by atoms with Crippen molar-refractivity contribution < 1.29 is 19.1 Å². The third kappa shape index (κ3) is 7.23. The lowest BCUT2D eigenvalue weighted by Gasteiger charge is -2.12. The van der Waals surface area contributed by atoms with Crippen LogP contribution in [-0.4, -0.2) is 44.3 Å². The van der Waals surface area contributed by atoms with Gasteiger partial charge in [0, 0.05) is 13.1 Å². The summed E-state index contributed by atoms with van der Waals surface area (Å²) in [6.07, 6.45) is 7.49. The zero-order valence-electron chi connectivity index (χ0n) is 17.4. The van der Waals surface area contributed by atoms with E-state index in [1.165, 1.54) is 0 Å². The van der Waals surface area contributed by atoms with E-state index >= 15 is 0 Å². The van der Waals surface area contributed by atoms with Crippen LogP contribution >= 0.6 is 31.9 Å². The fourth-order valence-corrected chi connectivity index (χ4v) is 3.60. The van der Waals surface area contributed by atoms with Crippen LogP contribution in [0.1, 0.15) is 52.4 Å². The highest BCUT2D eigenvalue weighted by Crippen LogP contribution is 2.26. The Hall–Kier alpha value is -1.68. The predicted molar refractivity (Wildman–Crippen MR) is 120 cm³/mol. The van der Waals surface area contributed by atoms with Crippen molar-refractivity contribution >= 4 is 43.8 Å². The molecule has 2 rings (SSSR count). The smallest absolute Gasteiger partial charge is 0.307 e. The Kier molecular flexibility index (Phi) is 10.6. The van der Waals surface area contributed by atoms with Gasteiger partial charge in [-0.2, -0.15) is 0 Å². The second-order valence-electron chi connectivity index (χ2n) is 6.76. The van der Waals surface area contributed by atoms with Gasteiger partial charge in [0.2, 0.25) is 0 Å². The largest absolute Gasteiger partial charge is 0.466 e. The van der Waals surface area contributed by atoms with E-state index in [2.05, 4.69) is 41.8 Å². The number of unbranched alkanes of at least 4 members (excludes halogenated alkanes) is 2. The second-order valence-corrected chi connectivity index (χ2v) is 8.39. The highest BCUT2D eigenvalue weighted by atomic mass is 79.9. The standard InChI is InChI=1S/C20H28Br2N4O4/c1-3-5-11-29-17(27)7-9-25-15(21)13-23-19(25)20-24-14-16(22)26(20)10-8-18(28)30-12-6-4-2/h13-14H,3-12H2,1-2H3. The number of rotatable bonds is 13. The number of carbonyl (C=O) groups excluding carboxylic acids is 2. The van der Waals surface area contributed by atoms with Crippen LogP contribution in [0.15, 0.2) is 21.6 Å². The Balaban J connectivity index is 2.06. The second kappa shape index (κ2) is 12.9. The molecule has 0 atom stereocenters. The van der Waals surface area contributed by atoms with Crippen molar-refractivity contribution in [3.05, 3.63) is 21.6 Å². The van der Waals surface area contributed by atoms with Crippen LogP contribution in [0.5, 0.6) is 0 Å². The molecule has 8 nitrogen and oxygen atoms in total. The summed E-state index contributed by atoms with van der Waals surface area (Å²) in [4.78, 5) is 32.8. The normalized spacial score (nSPS) is 10.9. The lowest BCUT2D eigenvalue weighted by atomic mass is 10.3. The Morgan fingerprint density at radius 3 is 1.60 bits per heavy atom. The van der Waals surface area contributed by atoms with Gasteiger partial charge in [-0.3, -0.25) is 9.59 Å². The molecule has 10 heteroatoms. The van der Waals surface area contributed by atoms with Crippen LogP contribution in [0.3, 0.4) is 0 Å². The SMILES string of the molecule is CCCCOC(=O)CCn1c(Br)cnc1-c1ncc(Br)n1CCC(=O)OCCCC. The number of halogens is 2. The molecule has 0 spiro atoms. The molecule has 166 valence electrons. The fraction of sp³-hybridized carbons (Fsp3) is 0.600. The van der Waals surface area contributed by atoms with Gasteiger partial charge >= 0.3 is 11.9 Å². The number of imidazole rings is 2. The summed E-state index contributed by atoms with van der Waals surface area (Å²) in [6, 6.07) is 0. The minimum absolute atomic E-state index is 0.233. The van der Waals surface area contributed by atoms with Crippen molar-refractivity contribution in [2.24, 2.45) is 0 Å². The average molecular weight is 548 g/mol. The lowest BCUT2D eigenvalue weighted by molar-refractivity contribution is -0.145. The number of aromatic nitrogens is 4. The van der Waals surface area contributed by atoms with Crippen molar-refractivity contribution in [2.75, 3.05) is 13.2 Å². The molecule has 2 aromatic heterocycles. The molecule has 0 saturated carbocycles. The number of hydrogen-bond acceptors (Lipinski definition) is 6. The molecule has 0 aliphatic carbocycles. The van der Waals surface area contributed by atoms with Gasteiger partial charge in [0.05, 0.1) is 38.4 Å². The molecule has 30 heavy (non-hydrogen) atoms. The van der Waals surface area contributed by atoms with E-state index < -0.39 is 0 Å². The number of nitrogens with zero attached hydrogens (tertiary/aromatic N) is 4. The Morgan fingerprint density at radius 1 is 0.833 bits per heavy atom. The first-order valence-electron chi connectivity index (χ1n) is 10.2. The molecule has 2 heterocycles. The first-order valence-corrected chi connectivity index (χ1v) is 11.8. The first kappa shape index (κ1) is 24.6. The Labute approximate surface area is 193 Å². The zero-order chi connectivity index (χ0) is 21.9. The maximum absolute atomic E-state index is 12.0. The van der Waals surface area contributed by atoms with E-state index in [-0.39, 0.29) is 24.8 Å². The number of carbonyl (C=O) groups is 2. The maximum atomic E-state index is 12.0. The number of ether oxygens (including phenoxy) is 2. The summed E-state index contributed by atoms with van der Waals surface area (Å²) in [5, 5.41) is 0. The minimum Gasteiger partial charge on any atom is -0.466 e. The summed E-state index contributed by atoms with van der Waals surface area (Å²) < 4.78 is 15.7. The molecule has 0 fully saturated rings. The number of esters is 2. The molecule has 0 N–H and O–H groups in total. The highest BCUT2D eigenvalue weighted by molar-refractivity contribution is 9.10. The van der Waals surface area contributed by atoms with E-state index in [1.54, 1.807) is 12.4 Å². The average Bonchev–Trinajstić information content (AvgIpc) is 3.27.